The molecule has 1 rings (SSSR count). The highest BCUT2D eigenvalue weighted by Gasteiger charge is 2.24. The quantitative estimate of drug-likeness (QED) is 0.693. The van der Waals surface area contributed by atoms with E-state index in [4.69, 9.17) is 5.73 Å². The van der Waals surface area contributed by atoms with Crippen molar-refractivity contribution in [3.63, 3.8) is 0 Å². The van der Waals surface area contributed by atoms with Gasteiger partial charge >= 0.3 is 0 Å². The molecule has 0 aliphatic carbocycles. The summed E-state index contributed by atoms with van der Waals surface area (Å²) in [6, 6.07) is 1.12. The maximum atomic E-state index is 5.61. The van der Waals surface area contributed by atoms with Crippen molar-refractivity contribution in [1.29, 1.82) is 0 Å². The molecular formula is C12H27N3. The number of likely N-dealkylation sites (tertiary alicyclic amines) is 1. The van der Waals surface area contributed by atoms with Crippen LogP contribution < -0.4 is 11.1 Å². The van der Waals surface area contributed by atoms with Gasteiger partial charge in [0.15, 0.2) is 0 Å². The van der Waals surface area contributed by atoms with Crippen LogP contribution in [0.1, 0.15) is 33.6 Å². The molecule has 0 saturated carbocycles. The van der Waals surface area contributed by atoms with Crippen LogP contribution in [0.25, 0.3) is 0 Å². The predicted molar refractivity (Wildman–Crippen MR) is 66.0 cm³/mol. The monoisotopic (exact) mass is 213 g/mol. The Morgan fingerprint density at radius 1 is 1.20 bits per heavy atom. The molecule has 3 heteroatoms. The van der Waals surface area contributed by atoms with Crippen molar-refractivity contribution in [3.8, 4) is 0 Å². The molecule has 0 aromatic heterocycles. The summed E-state index contributed by atoms with van der Waals surface area (Å²) in [7, 11) is 0. The van der Waals surface area contributed by atoms with Crippen LogP contribution in [0.2, 0.25) is 0 Å². The van der Waals surface area contributed by atoms with E-state index in [9.17, 15) is 0 Å². The SMILES string of the molecule is CC(CN)NCC(C(C)C)N1CCCC1. The first-order valence-corrected chi connectivity index (χ1v) is 6.32. The Kier molecular flexibility index (Phi) is 5.58. The molecule has 3 N–H and O–H groups in total. The minimum Gasteiger partial charge on any atom is -0.329 e. The number of rotatable bonds is 6. The highest BCUT2D eigenvalue weighted by atomic mass is 15.2. The molecule has 0 aromatic carbocycles. The summed E-state index contributed by atoms with van der Waals surface area (Å²) in [4.78, 5) is 2.63. The summed E-state index contributed by atoms with van der Waals surface area (Å²) in [5.41, 5.74) is 5.61. The zero-order chi connectivity index (χ0) is 11.3. The van der Waals surface area contributed by atoms with Crippen LogP contribution in [0.3, 0.4) is 0 Å². The van der Waals surface area contributed by atoms with Crippen molar-refractivity contribution in [3.05, 3.63) is 0 Å². The van der Waals surface area contributed by atoms with Crippen LogP contribution in [0.5, 0.6) is 0 Å². The molecule has 1 saturated heterocycles. The fourth-order valence-electron chi connectivity index (χ4n) is 2.26. The summed E-state index contributed by atoms with van der Waals surface area (Å²) in [6.45, 7) is 11.2. The van der Waals surface area contributed by atoms with Crippen molar-refractivity contribution < 1.29 is 0 Å². The molecule has 0 spiro atoms. The van der Waals surface area contributed by atoms with Crippen molar-refractivity contribution in [2.75, 3.05) is 26.2 Å². The van der Waals surface area contributed by atoms with E-state index in [1.54, 1.807) is 0 Å². The van der Waals surface area contributed by atoms with E-state index in [1.807, 2.05) is 0 Å². The first kappa shape index (κ1) is 12.9. The van der Waals surface area contributed by atoms with Gasteiger partial charge in [0, 0.05) is 25.2 Å². The predicted octanol–water partition coefficient (Wildman–Crippen LogP) is 1.04. The van der Waals surface area contributed by atoms with Crippen LogP contribution in [-0.2, 0) is 0 Å². The normalized spacial score (nSPS) is 22.2. The van der Waals surface area contributed by atoms with Gasteiger partial charge in [-0.3, -0.25) is 4.90 Å². The number of nitrogens with zero attached hydrogens (tertiary/aromatic N) is 1. The maximum absolute atomic E-state index is 5.61. The van der Waals surface area contributed by atoms with Gasteiger partial charge in [-0.1, -0.05) is 13.8 Å². The van der Waals surface area contributed by atoms with Crippen LogP contribution in [0.4, 0.5) is 0 Å². The molecule has 1 heterocycles. The molecule has 90 valence electrons. The molecule has 3 nitrogen and oxygen atoms in total. The summed E-state index contributed by atoms with van der Waals surface area (Å²) in [6.07, 6.45) is 2.74. The third kappa shape index (κ3) is 4.09. The lowest BCUT2D eigenvalue weighted by Gasteiger charge is -2.32. The highest BCUT2D eigenvalue weighted by Crippen LogP contribution is 2.17. The summed E-state index contributed by atoms with van der Waals surface area (Å²) >= 11 is 0. The Hall–Kier alpha value is -0.120. The van der Waals surface area contributed by atoms with Gasteiger partial charge < -0.3 is 11.1 Å². The van der Waals surface area contributed by atoms with E-state index in [-0.39, 0.29) is 0 Å². The van der Waals surface area contributed by atoms with E-state index < -0.39 is 0 Å². The average Bonchev–Trinajstić information content (AvgIpc) is 2.70. The Balaban J connectivity index is 2.36. The van der Waals surface area contributed by atoms with E-state index in [2.05, 4.69) is 31.0 Å². The maximum Gasteiger partial charge on any atom is 0.0243 e. The van der Waals surface area contributed by atoms with Crippen molar-refractivity contribution >= 4 is 0 Å². The fraction of sp³-hybridized carbons (Fsp3) is 1.00. The van der Waals surface area contributed by atoms with Gasteiger partial charge in [-0.15, -0.1) is 0 Å². The molecule has 2 unspecified atom stereocenters. The van der Waals surface area contributed by atoms with Crippen LogP contribution in [-0.4, -0.2) is 43.2 Å². The third-order valence-corrected chi connectivity index (χ3v) is 3.41. The summed E-state index contributed by atoms with van der Waals surface area (Å²) in [5.74, 6) is 0.723. The van der Waals surface area contributed by atoms with Gasteiger partial charge in [-0.2, -0.15) is 0 Å². The topological polar surface area (TPSA) is 41.3 Å². The molecule has 0 aromatic rings. The van der Waals surface area contributed by atoms with E-state index in [0.29, 0.717) is 12.1 Å². The van der Waals surface area contributed by atoms with E-state index in [1.165, 1.54) is 25.9 Å². The number of nitrogens with two attached hydrogens (primary N) is 1. The lowest BCUT2D eigenvalue weighted by molar-refractivity contribution is 0.183. The third-order valence-electron chi connectivity index (χ3n) is 3.41. The summed E-state index contributed by atoms with van der Waals surface area (Å²) in [5, 5.41) is 3.52. The second kappa shape index (κ2) is 6.46. The van der Waals surface area contributed by atoms with Gasteiger partial charge in [-0.05, 0) is 38.8 Å². The zero-order valence-corrected chi connectivity index (χ0v) is 10.5. The van der Waals surface area contributed by atoms with Gasteiger partial charge in [0.1, 0.15) is 0 Å². The van der Waals surface area contributed by atoms with Crippen molar-refractivity contribution in [1.82, 2.24) is 10.2 Å². The van der Waals surface area contributed by atoms with Gasteiger partial charge in [-0.25, -0.2) is 0 Å². The first-order chi connectivity index (χ1) is 7.15. The Morgan fingerprint density at radius 3 is 2.27 bits per heavy atom. The zero-order valence-electron chi connectivity index (χ0n) is 10.5. The standard InChI is InChI=1S/C12H27N3/c1-10(2)12(9-14-11(3)8-13)15-6-4-5-7-15/h10-12,14H,4-9,13H2,1-3H3. The molecule has 1 aliphatic heterocycles. The molecular weight excluding hydrogens is 186 g/mol. The van der Waals surface area contributed by atoms with Crippen LogP contribution in [0, 0.1) is 5.92 Å². The Labute approximate surface area is 94.4 Å². The molecule has 0 amide bonds. The highest BCUT2D eigenvalue weighted by molar-refractivity contribution is 4.81. The van der Waals surface area contributed by atoms with Gasteiger partial charge in [0.25, 0.3) is 0 Å². The number of hydrogen-bond donors (Lipinski definition) is 2. The number of nitrogens with one attached hydrogen (secondary N) is 1. The molecule has 2 atom stereocenters. The molecule has 15 heavy (non-hydrogen) atoms. The second-order valence-corrected chi connectivity index (χ2v) is 5.10. The Morgan fingerprint density at radius 2 is 1.80 bits per heavy atom. The molecule has 0 bridgehead atoms. The smallest absolute Gasteiger partial charge is 0.0243 e. The largest absolute Gasteiger partial charge is 0.329 e. The van der Waals surface area contributed by atoms with Crippen LogP contribution in [0.15, 0.2) is 0 Å². The molecule has 1 fully saturated rings. The minimum atomic E-state index is 0.439. The van der Waals surface area contributed by atoms with E-state index >= 15 is 0 Å². The lowest BCUT2D eigenvalue weighted by Crippen LogP contribution is -2.47. The second-order valence-electron chi connectivity index (χ2n) is 5.10. The lowest BCUT2D eigenvalue weighted by atomic mass is 10.0. The van der Waals surface area contributed by atoms with E-state index in [0.717, 1.165) is 19.0 Å². The molecule has 1 aliphatic rings. The van der Waals surface area contributed by atoms with Crippen molar-refractivity contribution in [2.45, 2.75) is 45.7 Å². The van der Waals surface area contributed by atoms with Crippen LogP contribution >= 0.6 is 0 Å². The van der Waals surface area contributed by atoms with Gasteiger partial charge in [0.05, 0.1) is 0 Å². The summed E-state index contributed by atoms with van der Waals surface area (Å²) < 4.78 is 0. The van der Waals surface area contributed by atoms with Gasteiger partial charge in [0.2, 0.25) is 0 Å². The first-order valence-electron chi connectivity index (χ1n) is 6.32. The minimum absolute atomic E-state index is 0.439. The number of hydrogen-bond acceptors (Lipinski definition) is 3. The average molecular weight is 213 g/mol. The molecule has 0 radical (unpaired) electrons. The van der Waals surface area contributed by atoms with Crippen molar-refractivity contribution in [2.24, 2.45) is 11.7 Å². The fourth-order valence-corrected chi connectivity index (χ4v) is 2.26. The Bertz CT molecular complexity index is 164.